The van der Waals surface area contributed by atoms with Crippen molar-refractivity contribution in [2.24, 2.45) is 0 Å². The highest BCUT2D eigenvalue weighted by Crippen LogP contribution is 2.28. The van der Waals surface area contributed by atoms with Gasteiger partial charge in [-0.3, -0.25) is 9.59 Å². The molecule has 39 heavy (non-hydrogen) atoms. The Labute approximate surface area is 227 Å². The van der Waals surface area contributed by atoms with Gasteiger partial charge in [0.1, 0.15) is 11.5 Å². The average Bonchev–Trinajstić information content (AvgIpc) is 2.96. The fraction of sp³-hybridized carbons (Fsp3) is 0.0909. The van der Waals surface area contributed by atoms with Gasteiger partial charge < -0.3 is 20.0 Å². The van der Waals surface area contributed by atoms with Crippen LogP contribution in [-0.2, 0) is 13.1 Å². The van der Waals surface area contributed by atoms with Crippen molar-refractivity contribution in [1.29, 1.82) is 0 Å². The summed E-state index contributed by atoms with van der Waals surface area (Å²) in [6.45, 7) is 0.717. The zero-order valence-electron chi connectivity index (χ0n) is 21.5. The van der Waals surface area contributed by atoms with Crippen LogP contribution < -0.4 is 4.90 Å². The van der Waals surface area contributed by atoms with Crippen LogP contribution in [0.3, 0.4) is 0 Å². The van der Waals surface area contributed by atoms with Crippen LogP contribution in [0, 0.1) is 0 Å². The Morgan fingerprint density at radius 1 is 0.692 bits per heavy atom. The van der Waals surface area contributed by atoms with Crippen molar-refractivity contribution < 1.29 is 19.8 Å². The lowest BCUT2D eigenvalue weighted by Gasteiger charge is -2.24. The summed E-state index contributed by atoms with van der Waals surface area (Å²) in [4.78, 5) is 30.0. The number of carbonyl (C=O) groups is 2. The first-order valence-electron chi connectivity index (χ1n) is 12.6. The second-order valence-corrected chi connectivity index (χ2v) is 9.42. The van der Waals surface area contributed by atoms with Crippen molar-refractivity contribution in [2.75, 3.05) is 11.9 Å². The van der Waals surface area contributed by atoms with Gasteiger partial charge in [-0.2, -0.15) is 0 Å². The molecule has 0 atom stereocenters. The van der Waals surface area contributed by atoms with Crippen molar-refractivity contribution in [1.82, 2.24) is 4.90 Å². The van der Waals surface area contributed by atoms with Gasteiger partial charge in [-0.15, -0.1) is 0 Å². The number of hydrogen-bond acceptors (Lipinski definition) is 4. The molecular weight excluding hydrogens is 488 g/mol. The largest absolute Gasteiger partial charge is 0.508 e. The molecule has 0 heterocycles. The monoisotopic (exact) mass is 516 g/mol. The Morgan fingerprint density at radius 3 is 2.13 bits per heavy atom. The lowest BCUT2D eigenvalue weighted by atomic mass is 10.0. The standard InChI is InChI=1S/C33H28N2O4/c1-34(22-26-12-7-11-24-10-5-6-13-29(24)26)32(38)25-14-16-27(17-15-25)35(21-23-8-3-2-4-9-23)33(39)30-19-18-28(36)20-31(30)37/h2-20,36-37H,21-22H2,1H3. The lowest BCUT2D eigenvalue weighted by molar-refractivity contribution is 0.0785. The molecule has 0 aliphatic carbocycles. The topological polar surface area (TPSA) is 81.1 Å². The number of amides is 2. The fourth-order valence-corrected chi connectivity index (χ4v) is 4.65. The van der Waals surface area contributed by atoms with Crippen LogP contribution in [0.25, 0.3) is 10.8 Å². The van der Waals surface area contributed by atoms with Gasteiger partial charge in [-0.1, -0.05) is 72.8 Å². The molecule has 2 amide bonds. The average molecular weight is 517 g/mol. The molecule has 2 N–H and O–H groups in total. The summed E-state index contributed by atoms with van der Waals surface area (Å²) in [6.07, 6.45) is 0. The van der Waals surface area contributed by atoms with Gasteiger partial charge in [-0.05, 0) is 58.3 Å². The first-order chi connectivity index (χ1) is 18.9. The first kappa shape index (κ1) is 25.5. The fourth-order valence-electron chi connectivity index (χ4n) is 4.65. The second-order valence-electron chi connectivity index (χ2n) is 9.42. The highest BCUT2D eigenvalue weighted by Gasteiger charge is 2.22. The zero-order chi connectivity index (χ0) is 27.4. The van der Waals surface area contributed by atoms with Crippen molar-refractivity contribution in [3.8, 4) is 11.5 Å². The van der Waals surface area contributed by atoms with Gasteiger partial charge in [0, 0.05) is 30.9 Å². The number of carbonyl (C=O) groups excluding carboxylic acids is 2. The normalized spacial score (nSPS) is 10.8. The Bertz CT molecular complexity index is 1630. The molecule has 6 heteroatoms. The van der Waals surface area contributed by atoms with E-state index in [9.17, 15) is 19.8 Å². The third-order valence-corrected chi connectivity index (χ3v) is 6.70. The van der Waals surface area contributed by atoms with E-state index in [4.69, 9.17) is 0 Å². The summed E-state index contributed by atoms with van der Waals surface area (Å²) in [5, 5.41) is 22.2. The van der Waals surface area contributed by atoms with E-state index in [2.05, 4.69) is 18.2 Å². The van der Waals surface area contributed by atoms with Crippen molar-refractivity contribution in [2.45, 2.75) is 13.1 Å². The van der Waals surface area contributed by atoms with Gasteiger partial charge >= 0.3 is 0 Å². The predicted octanol–water partition coefficient (Wildman–Crippen LogP) is 6.37. The van der Waals surface area contributed by atoms with E-state index < -0.39 is 5.91 Å². The van der Waals surface area contributed by atoms with E-state index in [-0.39, 0.29) is 29.5 Å². The number of benzene rings is 5. The van der Waals surface area contributed by atoms with Crippen molar-refractivity contribution >= 4 is 28.3 Å². The van der Waals surface area contributed by atoms with Crippen LogP contribution in [0.1, 0.15) is 31.8 Å². The summed E-state index contributed by atoms with van der Waals surface area (Å²) in [6, 6.07) is 34.5. The number of hydrogen-bond donors (Lipinski definition) is 2. The molecule has 0 aliphatic rings. The Morgan fingerprint density at radius 2 is 1.38 bits per heavy atom. The summed E-state index contributed by atoms with van der Waals surface area (Å²) >= 11 is 0. The van der Waals surface area contributed by atoms with Crippen molar-refractivity contribution in [3.63, 3.8) is 0 Å². The minimum absolute atomic E-state index is 0.0682. The van der Waals surface area contributed by atoms with Gasteiger partial charge in [0.25, 0.3) is 11.8 Å². The van der Waals surface area contributed by atoms with E-state index in [0.29, 0.717) is 17.8 Å². The van der Waals surface area contributed by atoms with E-state index in [1.54, 1.807) is 36.2 Å². The summed E-state index contributed by atoms with van der Waals surface area (Å²) in [5.41, 5.74) is 3.11. The van der Waals surface area contributed by atoms with E-state index >= 15 is 0 Å². The number of fused-ring (bicyclic) bond motifs is 1. The number of aromatic hydroxyl groups is 2. The Balaban J connectivity index is 1.40. The van der Waals surface area contributed by atoms with Gasteiger partial charge in [0.15, 0.2) is 0 Å². The molecule has 5 aromatic rings. The van der Waals surface area contributed by atoms with Gasteiger partial charge in [-0.25, -0.2) is 0 Å². The van der Waals surface area contributed by atoms with Crippen molar-refractivity contribution in [3.05, 3.63) is 138 Å². The Kier molecular flexibility index (Phi) is 7.28. The number of phenols is 2. The molecular formula is C33H28N2O4. The third-order valence-electron chi connectivity index (χ3n) is 6.70. The van der Waals surface area contributed by atoms with Crippen LogP contribution >= 0.6 is 0 Å². The molecule has 5 rings (SSSR count). The van der Waals surface area contributed by atoms with Crippen LogP contribution in [0.4, 0.5) is 5.69 Å². The molecule has 0 bridgehead atoms. The lowest BCUT2D eigenvalue weighted by Crippen LogP contribution is -2.30. The molecule has 0 radical (unpaired) electrons. The SMILES string of the molecule is CN(Cc1cccc2ccccc12)C(=O)c1ccc(N(Cc2ccccc2)C(=O)c2ccc(O)cc2O)cc1. The van der Waals surface area contributed by atoms with Crippen LogP contribution in [0.5, 0.6) is 11.5 Å². The van der Waals surface area contributed by atoms with Crippen LogP contribution in [0.15, 0.2) is 115 Å². The summed E-state index contributed by atoms with van der Waals surface area (Å²) in [5.74, 6) is -0.996. The maximum atomic E-state index is 13.5. The van der Waals surface area contributed by atoms with Crippen LogP contribution in [0.2, 0.25) is 0 Å². The van der Waals surface area contributed by atoms with Crippen LogP contribution in [-0.4, -0.2) is 34.0 Å². The molecule has 0 saturated carbocycles. The highest BCUT2D eigenvalue weighted by atomic mass is 16.3. The molecule has 0 saturated heterocycles. The van der Waals surface area contributed by atoms with E-state index in [0.717, 1.165) is 28.0 Å². The summed E-state index contributed by atoms with van der Waals surface area (Å²) < 4.78 is 0. The number of phenolic OH excluding ortho intramolecular Hbond substituents is 2. The first-order valence-corrected chi connectivity index (χ1v) is 12.6. The molecule has 0 aliphatic heterocycles. The van der Waals surface area contributed by atoms with Gasteiger partial charge in [0.05, 0.1) is 12.1 Å². The number of anilines is 1. The zero-order valence-corrected chi connectivity index (χ0v) is 21.5. The quantitative estimate of drug-likeness (QED) is 0.263. The molecule has 194 valence electrons. The molecule has 0 fully saturated rings. The number of rotatable bonds is 7. The predicted molar refractivity (Wildman–Crippen MR) is 153 cm³/mol. The summed E-state index contributed by atoms with van der Waals surface area (Å²) in [7, 11) is 1.77. The van der Waals surface area contributed by atoms with E-state index in [1.165, 1.54) is 17.0 Å². The maximum Gasteiger partial charge on any atom is 0.262 e. The minimum atomic E-state index is -0.427. The minimum Gasteiger partial charge on any atom is -0.508 e. The molecule has 5 aromatic carbocycles. The number of nitrogens with zero attached hydrogens (tertiary/aromatic N) is 2. The van der Waals surface area contributed by atoms with Gasteiger partial charge in [0.2, 0.25) is 0 Å². The molecule has 0 aromatic heterocycles. The van der Waals surface area contributed by atoms with E-state index in [1.807, 2.05) is 54.6 Å². The Hall–Kier alpha value is -5.10. The second kappa shape index (κ2) is 11.1. The smallest absolute Gasteiger partial charge is 0.262 e. The third kappa shape index (κ3) is 5.60. The maximum absolute atomic E-state index is 13.5. The molecule has 0 unspecified atom stereocenters. The molecule has 0 spiro atoms. The highest BCUT2D eigenvalue weighted by molar-refractivity contribution is 6.08. The molecule has 6 nitrogen and oxygen atoms in total.